The van der Waals surface area contributed by atoms with E-state index in [0.717, 1.165) is 15.5 Å². The molecule has 0 radical (unpaired) electrons. The molecule has 0 aliphatic rings. The normalized spacial score (nSPS) is 12.7. The third-order valence-electron chi connectivity index (χ3n) is 2.40. The van der Waals surface area contributed by atoms with Crippen molar-refractivity contribution in [3.05, 3.63) is 57.0 Å². The van der Waals surface area contributed by atoms with Crippen LogP contribution in [-0.2, 0) is 0 Å². The molecule has 0 aliphatic carbocycles. The summed E-state index contributed by atoms with van der Waals surface area (Å²) in [5.74, 6) is -0.226. The van der Waals surface area contributed by atoms with E-state index in [1.54, 1.807) is 23.5 Å². The van der Waals surface area contributed by atoms with Crippen LogP contribution in [0.2, 0.25) is 5.02 Å². The average molecular weight is 256 g/mol. The lowest BCUT2D eigenvalue weighted by atomic mass is 10.1. The number of nitrogens with one attached hydrogen (secondary N) is 1. The van der Waals surface area contributed by atoms with Gasteiger partial charge in [-0.15, -0.1) is 11.3 Å². The molecule has 1 aromatic carbocycles. The van der Waals surface area contributed by atoms with Crippen LogP contribution >= 0.6 is 22.9 Å². The highest BCUT2D eigenvalue weighted by Crippen LogP contribution is 2.32. The van der Waals surface area contributed by atoms with E-state index in [1.165, 1.54) is 12.1 Å². The van der Waals surface area contributed by atoms with Crippen LogP contribution < -0.4 is 5.32 Å². The first kappa shape index (κ1) is 11.6. The first-order chi connectivity index (χ1) is 7.72. The predicted molar refractivity (Wildman–Crippen MR) is 66.6 cm³/mol. The Morgan fingerprint density at radius 2 is 1.94 bits per heavy atom. The van der Waals surface area contributed by atoms with E-state index in [4.69, 9.17) is 11.6 Å². The van der Waals surface area contributed by atoms with Crippen LogP contribution in [0.25, 0.3) is 0 Å². The van der Waals surface area contributed by atoms with Gasteiger partial charge in [-0.05, 0) is 36.2 Å². The van der Waals surface area contributed by atoms with Gasteiger partial charge >= 0.3 is 0 Å². The largest absolute Gasteiger partial charge is 0.309 e. The summed E-state index contributed by atoms with van der Waals surface area (Å²) in [7, 11) is 1.87. The van der Waals surface area contributed by atoms with Crippen molar-refractivity contribution in [1.82, 2.24) is 5.32 Å². The first-order valence-electron chi connectivity index (χ1n) is 4.88. The summed E-state index contributed by atoms with van der Waals surface area (Å²) in [5, 5.41) is 5.88. The van der Waals surface area contributed by atoms with Crippen LogP contribution in [-0.4, -0.2) is 7.05 Å². The summed E-state index contributed by atoms with van der Waals surface area (Å²) < 4.78 is 12.8. The van der Waals surface area contributed by atoms with Gasteiger partial charge < -0.3 is 5.32 Å². The van der Waals surface area contributed by atoms with Gasteiger partial charge in [0.1, 0.15) is 5.82 Å². The average Bonchev–Trinajstić information content (AvgIpc) is 2.69. The molecule has 1 nitrogen and oxygen atoms in total. The van der Waals surface area contributed by atoms with Crippen molar-refractivity contribution in [2.75, 3.05) is 7.05 Å². The molecule has 0 saturated carbocycles. The third-order valence-corrected chi connectivity index (χ3v) is 3.82. The van der Waals surface area contributed by atoms with E-state index in [1.807, 2.05) is 18.5 Å². The second-order valence-electron chi connectivity index (χ2n) is 3.41. The van der Waals surface area contributed by atoms with Gasteiger partial charge in [-0.1, -0.05) is 23.7 Å². The van der Waals surface area contributed by atoms with Crippen LogP contribution in [0.1, 0.15) is 16.5 Å². The third kappa shape index (κ3) is 2.26. The monoisotopic (exact) mass is 255 g/mol. The van der Waals surface area contributed by atoms with E-state index in [-0.39, 0.29) is 11.9 Å². The number of halogens is 2. The summed E-state index contributed by atoms with van der Waals surface area (Å²) in [6, 6.07) is 8.35. The lowest BCUT2D eigenvalue weighted by molar-refractivity contribution is 0.624. The quantitative estimate of drug-likeness (QED) is 0.879. The molecule has 1 atom stereocenters. The maximum atomic E-state index is 12.8. The second kappa shape index (κ2) is 4.95. The molecule has 0 spiro atoms. The molecule has 2 rings (SSSR count). The Balaban J connectivity index is 2.37. The smallest absolute Gasteiger partial charge is 0.123 e. The van der Waals surface area contributed by atoms with Crippen molar-refractivity contribution in [2.24, 2.45) is 0 Å². The first-order valence-corrected chi connectivity index (χ1v) is 6.13. The molecule has 16 heavy (non-hydrogen) atoms. The number of rotatable bonds is 3. The Bertz CT molecular complexity index is 466. The molecule has 0 amide bonds. The summed E-state index contributed by atoms with van der Waals surface area (Å²) in [6.45, 7) is 0. The van der Waals surface area contributed by atoms with Crippen molar-refractivity contribution in [3.63, 3.8) is 0 Å². The molecule has 0 bridgehead atoms. The summed E-state index contributed by atoms with van der Waals surface area (Å²) in [5.41, 5.74) is 1.01. The van der Waals surface area contributed by atoms with Crippen LogP contribution in [0.5, 0.6) is 0 Å². The van der Waals surface area contributed by atoms with E-state index in [2.05, 4.69) is 5.32 Å². The Morgan fingerprint density at radius 3 is 2.44 bits per heavy atom. The zero-order valence-corrected chi connectivity index (χ0v) is 10.3. The zero-order valence-electron chi connectivity index (χ0n) is 8.71. The number of hydrogen-bond donors (Lipinski definition) is 1. The van der Waals surface area contributed by atoms with Crippen molar-refractivity contribution >= 4 is 22.9 Å². The van der Waals surface area contributed by atoms with Crippen molar-refractivity contribution in [1.29, 1.82) is 0 Å². The summed E-state index contributed by atoms with van der Waals surface area (Å²) >= 11 is 7.68. The number of benzene rings is 1. The van der Waals surface area contributed by atoms with Crippen molar-refractivity contribution in [3.8, 4) is 0 Å². The molecule has 0 fully saturated rings. The van der Waals surface area contributed by atoms with Gasteiger partial charge in [-0.3, -0.25) is 0 Å². The second-order valence-corrected chi connectivity index (χ2v) is 4.76. The molecule has 1 unspecified atom stereocenters. The molecule has 1 N–H and O–H groups in total. The molecule has 1 aromatic heterocycles. The van der Waals surface area contributed by atoms with Gasteiger partial charge in [-0.25, -0.2) is 4.39 Å². The van der Waals surface area contributed by atoms with Crippen LogP contribution in [0.3, 0.4) is 0 Å². The van der Waals surface area contributed by atoms with E-state index in [9.17, 15) is 4.39 Å². The van der Waals surface area contributed by atoms with Gasteiger partial charge in [0.2, 0.25) is 0 Å². The Labute approximate surface area is 103 Å². The number of hydrogen-bond acceptors (Lipinski definition) is 2. The lowest BCUT2D eigenvalue weighted by Crippen LogP contribution is -2.16. The minimum atomic E-state index is -0.226. The minimum Gasteiger partial charge on any atom is -0.309 e. The van der Waals surface area contributed by atoms with Gasteiger partial charge in [0.05, 0.1) is 11.1 Å². The lowest BCUT2D eigenvalue weighted by Gasteiger charge is -2.15. The van der Waals surface area contributed by atoms with E-state index >= 15 is 0 Å². The maximum Gasteiger partial charge on any atom is 0.123 e. The molecular formula is C12H11ClFNS. The highest BCUT2D eigenvalue weighted by Gasteiger charge is 2.16. The Morgan fingerprint density at radius 1 is 1.25 bits per heavy atom. The van der Waals surface area contributed by atoms with E-state index in [0.29, 0.717) is 0 Å². The molecule has 0 aliphatic heterocycles. The van der Waals surface area contributed by atoms with Gasteiger partial charge in [-0.2, -0.15) is 0 Å². The predicted octanol–water partition coefficient (Wildman–Crippen LogP) is 3.85. The maximum absolute atomic E-state index is 12.8. The molecule has 4 heteroatoms. The minimum absolute atomic E-state index is 0.0214. The Kier molecular flexibility index (Phi) is 3.59. The van der Waals surface area contributed by atoms with E-state index < -0.39 is 0 Å². The van der Waals surface area contributed by atoms with Gasteiger partial charge in [0.15, 0.2) is 0 Å². The molecule has 2 aromatic rings. The standard InChI is InChI=1S/C12H11ClFNS/c1-15-11(12-10(13)6-7-16-12)8-2-4-9(14)5-3-8/h2-7,11,15H,1H3. The van der Waals surface area contributed by atoms with Gasteiger partial charge in [0, 0.05) is 4.88 Å². The van der Waals surface area contributed by atoms with Crippen LogP contribution in [0.15, 0.2) is 35.7 Å². The molecular weight excluding hydrogens is 245 g/mol. The van der Waals surface area contributed by atoms with Crippen molar-refractivity contribution in [2.45, 2.75) is 6.04 Å². The highest BCUT2D eigenvalue weighted by atomic mass is 35.5. The topological polar surface area (TPSA) is 12.0 Å². The van der Waals surface area contributed by atoms with Crippen molar-refractivity contribution < 1.29 is 4.39 Å². The molecule has 84 valence electrons. The Hall–Kier alpha value is -0.900. The fourth-order valence-corrected chi connectivity index (χ4v) is 2.92. The SMILES string of the molecule is CNC(c1ccc(F)cc1)c1sccc1Cl. The fourth-order valence-electron chi connectivity index (χ4n) is 1.62. The zero-order chi connectivity index (χ0) is 11.5. The van der Waals surface area contributed by atoms with Crippen LogP contribution in [0, 0.1) is 5.82 Å². The highest BCUT2D eigenvalue weighted by molar-refractivity contribution is 7.10. The van der Waals surface area contributed by atoms with Crippen LogP contribution in [0.4, 0.5) is 4.39 Å². The van der Waals surface area contributed by atoms with Gasteiger partial charge in [0.25, 0.3) is 0 Å². The number of thiophene rings is 1. The fraction of sp³-hybridized carbons (Fsp3) is 0.167. The summed E-state index contributed by atoms with van der Waals surface area (Å²) in [6.07, 6.45) is 0. The molecule has 0 saturated heterocycles. The molecule has 1 heterocycles. The summed E-state index contributed by atoms with van der Waals surface area (Å²) in [4.78, 5) is 1.05.